The Balaban J connectivity index is 2.82. The van der Waals surface area contributed by atoms with Gasteiger partial charge < -0.3 is 5.11 Å². The molecular weight excluding hydrogens is 240 g/mol. The normalized spacial score (nSPS) is 10.8. The van der Waals surface area contributed by atoms with E-state index in [0.29, 0.717) is 6.42 Å². The lowest BCUT2D eigenvalue weighted by Gasteiger charge is -2.02. The van der Waals surface area contributed by atoms with E-state index in [2.05, 4.69) is 5.92 Å². The molecule has 1 aromatic carbocycles. The van der Waals surface area contributed by atoms with Gasteiger partial charge in [0.1, 0.15) is 5.75 Å². The van der Waals surface area contributed by atoms with Crippen LogP contribution in [0.2, 0.25) is 0 Å². The van der Waals surface area contributed by atoms with E-state index in [0.717, 1.165) is 5.56 Å². The number of carboxylic acids is 1. The third-order valence-electron chi connectivity index (χ3n) is 2.18. The third kappa shape index (κ3) is 3.93. The Kier molecular flexibility index (Phi) is 4.30. The number of rotatable bonds is 5. The van der Waals surface area contributed by atoms with Crippen molar-refractivity contribution in [3.05, 3.63) is 29.8 Å². The zero-order valence-electron chi connectivity index (χ0n) is 9.09. The van der Waals surface area contributed by atoms with Gasteiger partial charge in [0.15, 0.2) is 9.84 Å². The van der Waals surface area contributed by atoms with Gasteiger partial charge >= 0.3 is 5.97 Å². The molecule has 1 aromatic rings. The summed E-state index contributed by atoms with van der Waals surface area (Å²) in [6.45, 7) is 0. The second-order valence-corrected chi connectivity index (χ2v) is 5.49. The average Bonchev–Trinajstić information content (AvgIpc) is 2.27. The van der Waals surface area contributed by atoms with Crippen LogP contribution in [0.25, 0.3) is 0 Å². The first-order valence-corrected chi connectivity index (χ1v) is 6.58. The van der Waals surface area contributed by atoms with Crippen LogP contribution in [0.3, 0.4) is 0 Å². The summed E-state index contributed by atoms with van der Waals surface area (Å²) < 4.78 is 23.1. The van der Waals surface area contributed by atoms with Gasteiger partial charge in [0.2, 0.25) is 0 Å². The van der Waals surface area contributed by atoms with E-state index in [1.807, 2.05) is 0 Å². The van der Waals surface area contributed by atoms with E-state index >= 15 is 0 Å². The van der Waals surface area contributed by atoms with Crippen LogP contribution in [0.4, 0.5) is 0 Å². The molecule has 0 aliphatic rings. The molecule has 0 atom stereocenters. The zero-order valence-corrected chi connectivity index (χ0v) is 9.90. The molecule has 0 unspecified atom stereocenters. The highest BCUT2D eigenvalue weighted by molar-refractivity contribution is 7.91. The first kappa shape index (κ1) is 13.3. The standard InChI is InChI=1S/C12H12O4S/c1-2-9-17(15,16)11-6-3-10(4-7-11)5-8-12(13)14/h1,3-4,6-7H,5,8-9H2,(H,13,14). The molecule has 1 N–H and O–H groups in total. The van der Waals surface area contributed by atoms with Crippen LogP contribution >= 0.6 is 0 Å². The Hall–Kier alpha value is -1.80. The number of carboxylic acid groups (broad SMARTS) is 1. The molecular formula is C12H12O4S. The van der Waals surface area contributed by atoms with E-state index in [4.69, 9.17) is 11.5 Å². The van der Waals surface area contributed by atoms with E-state index in [1.54, 1.807) is 12.1 Å². The minimum Gasteiger partial charge on any atom is -0.481 e. The van der Waals surface area contributed by atoms with Crippen LogP contribution in [0.5, 0.6) is 0 Å². The fourth-order valence-corrected chi connectivity index (χ4v) is 2.24. The summed E-state index contributed by atoms with van der Waals surface area (Å²) in [6.07, 6.45) is 5.37. The second-order valence-electron chi connectivity index (χ2n) is 3.50. The molecule has 4 nitrogen and oxygen atoms in total. The Bertz CT molecular complexity index is 535. The van der Waals surface area contributed by atoms with Crippen LogP contribution in [0.1, 0.15) is 12.0 Å². The highest BCUT2D eigenvalue weighted by Crippen LogP contribution is 2.13. The maximum absolute atomic E-state index is 11.6. The molecule has 0 heterocycles. The summed E-state index contributed by atoms with van der Waals surface area (Å²) in [6, 6.07) is 6.10. The molecule has 0 spiro atoms. The van der Waals surface area contributed by atoms with Gasteiger partial charge in [0, 0.05) is 6.42 Å². The minimum atomic E-state index is -3.41. The summed E-state index contributed by atoms with van der Waals surface area (Å²) in [4.78, 5) is 10.5. The second kappa shape index (κ2) is 5.51. The van der Waals surface area contributed by atoms with Crippen molar-refractivity contribution in [1.82, 2.24) is 0 Å². The lowest BCUT2D eigenvalue weighted by atomic mass is 10.1. The molecule has 17 heavy (non-hydrogen) atoms. The molecule has 0 aromatic heterocycles. The molecule has 0 aliphatic carbocycles. The Labute approximate surface area is 100 Å². The number of hydrogen-bond donors (Lipinski definition) is 1. The highest BCUT2D eigenvalue weighted by atomic mass is 32.2. The molecule has 0 fully saturated rings. The first-order valence-electron chi connectivity index (χ1n) is 4.92. The Morgan fingerprint density at radius 1 is 1.29 bits per heavy atom. The lowest BCUT2D eigenvalue weighted by Crippen LogP contribution is -2.05. The van der Waals surface area contributed by atoms with Crippen molar-refractivity contribution in [1.29, 1.82) is 0 Å². The van der Waals surface area contributed by atoms with E-state index < -0.39 is 15.8 Å². The van der Waals surface area contributed by atoms with Crippen molar-refractivity contribution >= 4 is 15.8 Å². The van der Waals surface area contributed by atoms with Gasteiger partial charge in [-0.25, -0.2) is 8.42 Å². The Morgan fingerprint density at radius 3 is 2.35 bits per heavy atom. The maximum Gasteiger partial charge on any atom is 0.303 e. The quantitative estimate of drug-likeness (QED) is 0.797. The number of aliphatic carboxylic acids is 1. The van der Waals surface area contributed by atoms with Gasteiger partial charge in [-0.3, -0.25) is 4.79 Å². The summed E-state index contributed by atoms with van der Waals surface area (Å²) in [5.41, 5.74) is 0.784. The van der Waals surface area contributed by atoms with Gasteiger partial charge in [0.05, 0.1) is 4.90 Å². The number of carbonyl (C=O) groups is 1. The number of aryl methyl sites for hydroxylation is 1. The maximum atomic E-state index is 11.6. The van der Waals surface area contributed by atoms with Crippen molar-refractivity contribution < 1.29 is 18.3 Å². The molecule has 0 saturated heterocycles. The van der Waals surface area contributed by atoms with Crippen LogP contribution < -0.4 is 0 Å². The van der Waals surface area contributed by atoms with Gasteiger partial charge in [-0.2, -0.15) is 0 Å². The van der Waals surface area contributed by atoms with E-state index in [9.17, 15) is 13.2 Å². The molecule has 0 radical (unpaired) electrons. The zero-order chi connectivity index (χ0) is 12.9. The van der Waals surface area contributed by atoms with Crippen molar-refractivity contribution in [2.75, 3.05) is 5.75 Å². The Morgan fingerprint density at radius 2 is 1.88 bits per heavy atom. The predicted molar refractivity (Wildman–Crippen MR) is 63.3 cm³/mol. The van der Waals surface area contributed by atoms with Crippen molar-refractivity contribution in [3.8, 4) is 12.3 Å². The minimum absolute atomic E-state index is 0.0243. The molecule has 90 valence electrons. The molecule has 0 amide bonds. The van der Waals surface area contributed by atoms with E-state index in [-0.39, 0.29) is 17.1 Å². The van der Waals surface area contributed by atoms with Crippen LogP contribution in [-0.4, -0.2) is 25.2 Å². The highest BCUT2D eigenvalue weighted by Gasteiger charge is 2.12. The van der Waals surface area contributed by atoms with Crippen molar-refractivity contribution in [2.24, 2.45) is 0 Å². The molecule has 5 heteroatoms. The number of terminal acetylenes is 1. The molecule has 0 bridgehead atoms. The predicted octanol–water partition coefficient (Wildman–Crippen LogP) is 1.11. The molecule has 1 rings (SSSR count). The van der Waals surface area contributed by atoms with Crippen molar-refractivity contribution in [2.45, 2.75) is 17.7 Å². The fourth-order valence-electron chi connectivity index (χ4n) is 1.31. The first-order chi connectivity index (χ1) is 7.95. The van der Waals surface area contributed by atoms with Crippen LogP contribution in [0.15, 0.2) is 29.2 Å². The van der Waals surface area contributed by atoms with Gasteiger partial charge in [-0.15, -0.1) is 6.42 Å². The molecule has 0 saturated carbocycles. The fraction of sp³-hybridized carbons (Fsp3) is 0.250. The number of benzene rings is 1. The van der Waals surface area contributed by atoms with Gasteiger partial charge in [0.25, 0.3) is 0 Å². The monoisotopic (exact) mass is 252 g/mol. The SMILES string of the molecule is C#CCS(=O)(=O)c1ccc(CCC(=O)O)cc1. The summed E-state index contributed by atoms with van der Waals surface area (Å²) >= 11 is 0. The summed E-state index contributed by atoms with van der Waals surface area (Å²) in [7, 11) is -3.41. The molecule has 0 aliphatic heterocycles. The topological polar surface area (TPSA) is 71.4 Å². The van der Waals surface area contributed by atoms with Crippen molar-refractivity contribution in [3.63, 3.8) is 0 Å². The van der Waals surface area contributed by atoms with Gasteiger partial charge in [-0.1, -0.05) is 18.1 Å². The largest absolute Gasteiger partial charge is 0.481 e. The lowest BCUT2D eigenvalue weighted by molar-refractivity contribution is -0.136. The summed E-state index contributed by atoms with van der Waals surface area (Å²) in [5.74, 6) is 0.883. The third-order valence-corrected chi connectivity index (χ3v) is 3.72. The van der Waals surface area contributed by atoms with E-state index in [1.165, 1.54) is 12.1 Å². The van der Waals surface area contributed by atoms with Crippen LogP contribution in [-0.2, 0) is 21.1 Å². The number of hydrogen-bond acceptors (Lipinski definition) is 3. The van der Waals surface area contributed by atoms with Crippen LogP contribution in [0, 0.1) is 12.3 Å². The smallest absolute Gasteiger partial charge is 0.303 e. The van der Waals surface area contributed by atoms with Gasteiger partial charge in [-0.05, 0) is 24.1 Å². The summed E-state index contributed by atoms with van der Waals surface area (Å²) in [5, 5.41) is 8.51. The number of sulfone groups is 1. The average molecular weight is 252 g/mol.